The largest absolute Gasteiger partial charge is 0.439 e. The van der Waals surface area contributed by atoms with Gasteiger partial charge in [0.2, 0.25) is 5.55 Å². The van der Waals surface area contributed by atoms with Crippen molar-refractivity contribution in [2.75, 3.05) is 18.0 Å². The van der Waals surface area contributed by atoms with Crippen LogP contribution in [0.3, 0.4) is 0 Å². The number of benzene rings is 1. The second-order valence-corrected chi connectivity index (χ2v) is 3.69. The Labute approximate surface area is 94.8 Å². The molecule has 0 spiro atoms. The van der Waals surface area contributed by atoms with E-state index in [1.54, 1.807) is 6.07 Å². The molecule has 0 amide bonds. The molecule has 16 heavy (non-hydrogen) atoms. The Bertz CT molecular complexity index is 541. The molecule has 1 N–H and O–H groups in total. The number of nitrogens with zero attached hydrogens (tertiary/aromatic N) is 1. The lowest BCUT2D eigenvalue weighted by Gasteiger charge is -2.20. The highest BCUT2D eigenvalue weighted by molar-refractivity contribution is 5.80. The summed E-state index contributed by atoms with van der Waals surface area (Å²) in [4.78, 5) is 2.26. The molecule has 0 aliphatic carbocycles. The van der Waals surface area contributed by atoms with Crippen LogP contribution in [0, 0.1) is 5.41 Å². The summed E-state index contributed by atoms with van der Waals surface area (Å²) in [6, 6.07) is 9.70. The Morgan fingerprint density at radius 2 is 1.81 bits per heavy atom. The first kappa shape index (κ1) is 10.7. The fraction of sp³-hybridized carbons (Fsp3) is 0.308. The first-order valence-corrected chi connectivity index (χ1v) is 5.58. The highest BCUT2D eigenvalue weighted by Crippen LogP contribution is 2.20. The lowest BCUT2D eigenvalue weighted by atomic mass is 10.2. The number of fused-ring (bicyclic) bond motifs is 1. The Morgan fingerprint density at radius 3 is 2.50 bits per heavy atom. The van der Waals surface area contributed by atoms with Gasteiger partial charge in [-0.05, 0) is 32.0 Å². The van der Waals surface area contributed by atoms with E-state index in [-0.39, 0.29) is 5.55 Å². The molecular formula is C13H16N2O. The molecule has 0 unspecified atom stereocenters. The summed E-state index contributed by atoms with van der Waals surface area (Å²) >= 11 is 0. The smallest absolute Gasteiger partial charge is 0.211 e. The number of nitrogens with one attached hydrogen (secondary N) is 1. The van der Waals surface area contributed by atoms with E-state index in [0.29, 0.717) is 0 Å². The van der Waals surface area contributed by atoms with Crippen LogP contribution in [0.15, 0.2) is 34.7 Å². The Hall–Kier alpha value is -1.77. The van der Waals surface area contributed by atoms with Crippen molar-refractivity contribution in [2.45, 2.75) is 13.8 Å². The summed E-state index contributed by atoms with van der Waals surface area (Å²) < 4.78 is 5.38. The predicted molar refractivity (Wildman–Crippen MR) is 65.6 cm³/mol. The van der Waals surface area contributed by atoms with E-state index in [2.05, 4.69) is 24.8 Å². The molecule has 0 fully saturated rings. The van der Waals surface area contributed by atoms with Crippen LogP contribution in [0.2, 0.25) is 0 Å². The standard InChI is InChI=1S/C13H16N2O/c1-3-15(4-2)11-7-5-10-6-8-13(14)16-12(10)9-11/h5-9,14H,3-4H2,1-2H3. The Balaban J connectivity index is 2.54. The molecule has 0 radical (unpaired) electrons. The predicted octanol–water partition coefficient (Wildman–Crippen LogP) is 2.76. The molecule has 84 valence electrons. The molecule has 0 aliphatic rings. The van der Waals surface area contributed by atoms with Crippen LogP contribution >= 0.6 is 0 Å². The molecule has 3 heteroatoms. The van der Waals surface area contributed by atoms with Crippen molar-refractivity contribution in [3.05, 3.63) is 35.9 Å². The minimum atomic E-state index is 0.198. The van der Waals surface area contributed by atoms with Gasteiger partial charge in [-0.2, -0.15) is 0 Å². The van der Waals surface area contributed by atoms with Crippen LogP contribution in [-0.4, -0.2) is 13.1 Å². The van der Waals surface area contributed by atoms with E-state index in [4.69, 9.17) is 9.83 Å². The van der Waals surface area contributed by atoms with Crippen LogP contribution < -0.4 is 10.5 Å². The summed E-state index contributed by atoms with van der Waals surface area (Å²) in [7, 11) is 0. The first-order chi connectivity index (χ1) is 7.74. The van der Waals surface area contributed by atoms with Crippen LogP contribution in [0.1, 0.15) is 13.8 Å². The second kappa shape index (κ2) is 4.39. The topological polar surface area (TPSA) is 40.2 Å². The van der Waals surface area contributed by atoms with Gasteiger partial charge in [0.05, 0.1) is 0 Å². The van der Waals surface area contributed by atoms with E-state index in [1.807, 2.05) is 18.2 Å². The van der Waals surface area contributed by atoms with Gasteiger partial charge in [0.25, 0.3) is 0 Å². The molecular weight excluding hydrogens is 200 g/mol. The molecule has 2 rings (SSSR count). The van der Waals surface area contributed by atoms with Gasteiger partial charge >= 0.3 is 0 Å². The van der Waals surface area contributed by atoms with Crippen LogP contribution in [0.5, 0.6) is 0 Å². The third kappa shape index (κ3) is 1.94. The monoisotopic (exact) mass is 216 g/mol. The maximum absolute atomic E-state index is 7.46. The molecule has 1 aromatic carbocycles. The lowest BCUT2D eigenvalue weighted by molar-refractivity contribution is 0.533. The van der Waals surface area contributed by atoms with E-state index in [9.17, 15) is 0 Å². The molecule has 1 heterocycles. The van der Waals surface area contributed by atoms with E-state index >= 15 is 0 Å². The minimum Gasteiger partial charge on any atom is -0.439 e. The van der Waals surface area contributed by atoms with Crippen molar-refractivity contribution in [1.82, 2.24) is 0 Å². The lowest BCUT2D eigenvalue weighted by Crippen LogP contribution is -2.21. The molecule has 0 aliphatic heterocycles. The van der Waals surface area contributed by atoms with E-state index in [1.165, 1.54) is 0 Å². The summed E-state index contributed by atoms with van der Waals surface area (Å²) in [6.45, 7) is 6.21. The van der Waals surface area contributed by atoms with Gasteiger partial charge in [0.15, 0.2) is 0 Å². The van der Waals surface area contributed by atoms with Gasteiger partial charge in [0.1, 0.15) is 5.58 Å². The normalized spacial score (nSPS) is 10.6. The van der Waals surface area contributed by atoms with Crippen molar-refractivity contribution in [3.8, 4) is 0 Å². The van der Waals surface area contributed by atoms with Crippen LogP contribution in [0.4, 0.5) is 5.69 Å². The summed E-state index contributed by atoms with van der Waals surface area (Å²) in [5, 5.41) is 8.50. The van der Waals surface area contributed by atoms with Crippen LogP contribution in [-0.2, 0) is 0 Å². The molecule has 1 aromatic heterocycles. The van der Waals surface area contributed by atoms with Crippen molar-refractivity contribution in [2.24, 2.45) is 0 Å². The first-order valence-electron chi connectivity index (χ1n) is 5.58. The van der Waals surface area contributed by atoms with Crippen molar-refractivity contribution >= 4 is 16.7 Å². The van der Waals surface area contributed by atoms with E-state index < -0.39 is 0 Å². The van der Waals surface area contributed by atoms with Gasteiger partial charge in [-0.25, -0.2) is 0 Å². The summed E-state index contributed by atoms with van der Waals surface area (Å²) in [5.41, 5.74) is 2.12. The zero-order valence-corrected chi connectivity index (χ0v) is 9.66. The number of hydrogen-bond acceptors (Lipinski definition) is 3. The third-order valence-electron chi connectivity index (χ3n) is 2.76. The fourth-order valence-corrected chi connectivity index (χ4v) is 1.85. The molecule has 0 atom stereocenters. The highest BCUT2D eigenvalue weighted by atomic mass is 16.3. The zero-order valence-electron chi connectivity index (χ0n) is 9.66. The summed E-state index contributed by atoms with van der Waals surface area (Å²) in [5.74, 6) is 0. The van der Waals surface area contributed by atoms with Crippen molar-refractivity contribution < 1.29 is 4.42 Å². The van der Waals surface area contributed by atoms with Gasteiger partial charge in [-0.15, -0.1) is 0 Å². The maximum atomic E-state index is 7.46. The maximum Gasteiger partial charge on any atom is 0.211 e. The third-order valence-corrected chi connectivity index (χ3v) is 2.76. The molecule has 2 aromatic rings. The Morgan fingerprint density at radius 1 is 1.12 bits per heavy atom. The van der Waals surface area contributed by atoms with E-state index in [0.717, 1.165) is 29.7 Å². The van der Waals surface area contributed by atoms with Gasteiger partial charge in [-0.3, -0.25) is 5.41 Å². The summed E-state index contributed by atoms with van der Waals surface area (Å²) in [6.07, 6.45) is 0. The average Bonchev–Trinajstić information content (AvgIpc) is 2.30. The van der Waals surface area contributed by atoms with Crippen molar-refractivity contribution in [3.63, 3.8) is 0 Å². The quantitative estimate of drug-likeness (QED) is 0.857. The number of hydrogen-bond donors (Lipinski definition) is 1. The van der Waals surface area contributed by atoms with Gasteiger partial charge < -0.3 is 9.32 Å². The van der Waals surface area contributed by atoms with Gasteiger partial charge in [-0.1, -0.05) is 0 Å². The number of rotatable bonds is 3. The van der Waals surface area contributed by atoms with Crippen LogP contribution in [0.25, 0.3) is 11.0 Å². The van der Waals surface area contributed by atoms with Crippen molar-refractivity contribution in [1.29, 1.82) is 5.41 Å². The fourth-order valence-electron chi connectivity index (χ4n) is 1.85. The Kier molecular flexibility index (Phi) is 2.95. The molecule has 0 saturated heterocycles. The average molecular weight is 216 g/mol. The molecule has 0 bridgehead atoms. The SMILES string of the molecule is CCN(CC)c1ccc2ccc(=N)oc2c1. The number of anilines is 1. The highest BCUT2D eigenvalue weighted by Gasteiger charge is 2.03. The van der Waals surface area contributed by atoms with Gasteiger partial charge in [0, 0.05) is 36.3 Å². The molecule has 3 nitrogen and oxygen atoms in total. The minimum absolute atomic E-state index is 0.198. The second-order valence-electron chi connectivity index (χ2n) is 3.69. The zero-order chi connectivity index (χ0) is 11.5. The molecule has 0 saturated carbocycles.